The lowest BCUT2D eigenvalue weighted by Gasteiger charge is -2.32. The van der Waals surface area contributed by atoms with Crippen molar-refractivity contribution in [2.75, 3.05) is 6.54 Å². The maximum absolute atomic E-state index is 6.04. The van der Waals surface area contributed by atoms with Crippen molar-refractivity contribution in [3.05, 3.63) is 0 Å². The molecule has 0 amide bonds. The summed E-state index contributed by atoms with van der Waals surface area (Å²) in [5.41, 5.74) is -0.372. The first kappa shape index (κ1) is 21.9. The molecule has 2 aliphatic rings. The van der Waals surface area contributed by atoms with Crippen LogP contribution in [0, 0.1) is 0 Å². The summed E-state index contributed by atoms with van der Waals surface area (Å²) in [6.45, 7) is 17.7. The maximum Gasteiger partial charge on any atom is 0.457 e. The van der Waals surface area contributed by atoms with E-state index < -0.39 is 0 Å². The predicted molar refractivity (Wildman–Crippen MR) is 98.5 cm³/mol. The predicted octanol–water partition coefficient (Wildman–Crippen LogP) is 5.05. The van der Waals surface area contributed by atoms with Crippen molar-refractivity contribution in [3.63, 3.8) is 0 Å². The quantitative estimate of drug-likeness (QED) is 0.739. The number of hydrogen-bond acceptors (Lipinski definition) is 3. The highest BCUT2D eigenvalue weighted by atomic mass is 16.7. The third kappa shape index (κ3) is 6.60. The van der Waals surface area contributed by atoms with Gasteiger partial charge in [-0.2, -0.15) is 0 Å². The van der Waals surface area contributed by atoms with E-state index in [2.05, 4.69) is 33.0 Å². The Labute approximate surface area is 140 Å². The van der Waals surface area contributed by atoms with Gasteiger partial charge in [0.1, 0.15) is 0 Å². The van der Waals surface area contributed by atoms with Gasteiger partial charge >= 0.3 is 7.12 Å². The van der Waals surface area contributed by atoms with E-state index in [0.29, 0.717) is 6.04 Å². The molecule has 2 heterocycles. The second-order valence-electron chi connectivity index (χ2n) is 6.76. The topological polar surface area (TPSA) is 30.5 Å². The highest BCUT2D eigenvalue weighted by Gasteiger charge is 2.50. The maximum atomic E-state index is 6.04. The Morgan fingerprint density at radius 2 is 1.45 bits per heavy atom. The van der Waals surface area contributed by atoms with Crippen LogP contribution in [-0.2, 0) is 9.31 Å². The second-order valence-corrected chi connectivity index (χ2v) is 6.76. The first-order chi connectivity index (χ1) is 10.4. The van der Waals surface area contributed by atoms with Gasteiger partial charge in [0.05, 0.1) is 11.2 Å². The zero-order valence-corrected chi connectivity index (χ0v) is 16.4. The molecule has 22 heavy (non-hydrogen) atoms. The minimum atomic E-state index is -0.186. The molecule has 0 aromatic rings. The Bertz CT molecular complexity index is 258. The zero-order chi connectivity index (χ0) is 17.2. The number of rotatable bonds is 3. The Kier molecular flexibility index (Phi) is 10.6. The van der Waals surface area contributed by atoms with E-state index in [1.54, 1.807) is 0 Å². The molecule has 0 aromatic carbocycles. The average Bonchev–Trinajstić information content (AvgIpc) is 2.70. The van der Waals surface area contributed by atoms with Crippen LogP contribution in [-0.4, -0.2) is 30.9 Å². The van der Waals surface area contributed by atoms with E-state index in [1.807, 2.05) is 27.7 Å². The smallest absolute Gasteiger partial charge is 0.403 e. The van der Waals surface area contributed by atoms with E-state index in [-0.39, 0.29) is 18.3 Å². The fourth-order valence-electron chi connectivity index (χ4n) is 2.77. The number of nitrogens with one attached hydrogen (secondary N) is 1. The van der Waals surface area contributed by atoms with Crippen LogP contribution in [0.25, 0.3) is 0 Å². The van der Waals surface area contributed by atoms with E-state index in [1.165, 1.54) is 32.2 Å². The van der Waals surface area contributed by atoms with Crippen LogP contribution < -0.4 is 5.32 Å². The van der Waals surface area contributed by atoms with Gasteiger partial charge in [0, 0.05) is 6.04 Å². The third-order valence-corrected chi connectivity index (χ3v) is 4.72. The van der Waals surface area contributed by atoms with Gasteiger partial charge in [-0.05, 0) is 59.8 Å². The molecule has 0 bridgehead atoms. The van der Waals surface area contributed by atoms with Crippen LogP contribution in [0.4, 0.5) is 0 Å². The minimum Gasteiger partial charge on any atom is -0.403 e. The summed E-state index contributed by atoms with van der Waals surface area (Å²) < 4.78 is 12.1. The Morgan fingerprint density at radius 1 is 0.909 bits per heavy atom. The molecule has 0 spiro atoms. The molecule has 1 unspecified atom stereocenters. The SMILES string of the molecule is CC.CC.CC1(C)OB(CCC2CCCCCN2)OC1(C)C. The zero-order valence-electron chi connectivity index (χ0n) is 16.4. The van der Waals surface area contributed by atoms with Gasteiger partial charge in [-0.1, -0.05) is 40.5 Å². The molecule has 132 valence electrons. The van der Waals surface area contributed by atoms with Gasteiger partial charge in [-0.15, -0.1) is 0 Å². The molecular weight excluding hydrogens is 273 g/mol. The summed E-state index contributed by atoms with van der Waals surface area (Å²) in [4.78, 5) is 0. The largest absolute Gasteiger partial charge is 0.457 e. The van der Waals surface area contributed by atoms with Crippen molar-refractivity contribution < 1.29 is 9.31 Å². The van der Waals surface area contributed by atoms with E-state index in [9.17, 15) is 0 Å². The lowest BCUT2D eigenvalue weighted by molar-refractivity contribution is 0.00578. The van der Waals surface area contributed by atoms with E-state index in [0.717, 1.165) is 12.7 Å². The first-order valence-corrected chi connectivity index (χ1v) is 9.50. The summed E-state index contributed by atoms with van der Waals surface area (Å²) in [5, 5.41) is 3.64. The Morgan fingerprint density at radius 3 is 2.00 bits per heavy atom. The molecule has 0 saturated carbocycles. The fraction of sp³-hybridized carbons (Fsp3) is 1.00. The molecule has 1 N–H and O–H groups in total. The Hall–Kier alpha value is -0.0551. The van der Waals surface area contributed by atoms with Crippen LogP contribution in [0.15, 0.2) is 0 Å². The molecule has 2 rings (SSSR count). The molecule has 3 nitrogen and oxygen atoms in total. The van der Waals surface area contributed by atoms with Crippen LogP contribution in [0.1, 0.15) is 87.5 Å². The second kappa shape index (κ2) is 10.7. The van der Waals surface area contributed by atoms with Crippen molar-refractivity contribution in [1.29, 1.82) is 0 Å². The van der Waals surface area contributed by atoms with Crippen LogP contribution in [0.2, 0.25) is 6.32 Å². The summed E-state index contributed by atoms with van der Waals surface area (Å²) >= 11 is 0. The number of hydrogen-bond donors (Lipinski definition) is 1. The molecular formula is C18H40BNO2. The minimum absolute atomic E-state index is 0.0277. The van der Waals surface area contributed by atoms with Crippen LogP contribution in [0.3, 0.4) is 0 Å². The average molecular weight is 313 g/mol. The van der Waals surface area contributed by atoms with Gasteiger partial charge in [-0.25, -0.2) is 0 Å². The summed E-state index contributed by atoms with van der Waals surface area (Å²) in [5.74, 6) is 0. The summed E-state index contributed by atoms with van der Waals surface area (Å²) in [6, 6.07) is 0.659. The molecule has 2 saturated heterocycles. The van der Waals surface area contributed by atoms with E-state index in [4.69, 9.17) is 9.31 Å². The molecule has 0 aromatic heterocycles. The van der Waals surface area contributed by atoms with Gasteiger partial charge in [0.25, 0.3) is 0 Å². The monoisotopic (exact) mass is 313 g/mol. The van der Waals surface area contributed by atoms with Crippen molar-refractivity contribution in [3.8, 4) is 0 Å². The highest BCUT2D eigenvalue weighted by Crippen LogP contribution is 2.38. The Balaban J connectivity index is 0.00000102. The first-order valence-electron chi connectivity index (χ1n) is 9.50. The lowest BCUT2D eigenvalue weighted by Crippen LogP contribution is -2.41. The normalized spacial score (nSPS) is 26.2. The van der Waals surface area contributed by atoms with Crippen molar-refractivity contribution in [2.45, 2.75) is 111 Å². The molecule has 1 atom stereocenters. The fourth-order valence-corrected chi connectivity index (χ4v) is 2.77. The lowest BCUT2D eigenvalue weighted by atomic mass is 9.81. The molecule has 2 aliphatic heterocycles. The van der Waals surface area contributed by atoms with Crippen molar-refractivity contribution in [2.24, 2.45) is 0 Å². The standard InChI is InChI=1S/C14H28BNO2.2C2H6/c1-13(2)14(3,4)18-15(17-13)10-9-12-8-6-5-7-11-16-12;2*1-2/h12,16H,5-11H2,1-4H3;2*1-2H3. The molecule has 0 aliphatic carbocycles. The molecule has 4 heteroatoms. The molecule has 0 radical (unpaired) electrons. The van der Waals surface area contributed by atoms with Gasteiger partial charge in [0.2, 0.25) is 0 Å². The van der Waals surface area contributed by atoms with Crippen molar-refractivity contribution >= 4 is 7.12 Å². The third-order valence-electron chi connectivity index (χ3n) is 4.72. The van der Waals surface area contributed by atoms with E-state index >= 15 is 0 Å². The summed E-state index contributed by atoms with van der Waals surface area (Å²) in [7, 11) is -0.0277. The van der Waals surface area contributed by atoms with Gasteiger partial charge in [0.15, 0.2) is 0 Å². The van der Waals surface area contributed by atoms with Gasteiger partial charge in [-0.3, -0.25) is 0 Å². The summed E-state index contributed by atoms with van der Waals surface area (Å²) in [6.07, 6.45) is 7.54. The van der Waals surface area contributed by atoms with Gasteiger partial charge < -0.3 is 14.6 Å². The van der Waals surface area contributed by atoms with Crippen LogP contribution in [0.5, 0.6) is 0 Å². The van der Waals surface area contributed by atoms with Crippen molar-refractivity contribution in [1.82, 2.24) is 5.32 Å². The highest BCUT2D eigenvalue weighted by molar-refractivity contribution is 6.45. The molecule has 2 fully saturated rings. The van der Waals surface area contributed by atoms with Crippen LogP contribution >= 0.6 is 0 Å².